The maximum absolute atomic E-state index is 12.8. The lowest BCUT2D eigenvalue weighted by atomic mass is 10.2. The lowest BCUT2D eigenvalue weighted by Crippen LogP contribution is -2.25. The van der Waals surface area contributed by atoms with Crippen molar-refractivity contribution in [3.8, 4) is 0 Å². The smallest absolute Gasteiger partial charge is 0.350 e. The van der Waals surface area contributed by atoms with Gasteiger partial charge in [0.15, 0.2) is 0 Å². The van der Waals surface area contributed by atoms with Crippen molar-refractivity contribution in [3.63, 3.8) is 0 Å². The van der Waals surface area contributed by atoms with Crippen LogP contribution in [0.5, 0.6) is 0 Å². The number of ether oxygens (including phenoxy) is 1. The summed E-state index contributed by atoms with van der Waals surface area (Å²) in [6.07, 6.45) is 4.36. The van der Waals surface area contributed by atoms with E-state index >= 15 is 0 Å². The molecule has 0 bridgehead atoms. The first-order valence-electron chi connectivity index (χ1n) is 7.07. The molecule has 0 aliphatic heterocycles. The topological polar surface area (TPSA) is 74.3 Å². The van der Waals surface area contributed by atoms with E-state index in [9.17, 15) is 9.59 Å². The van der Waals surface area contributed by atoms with Crippen molar-refractivity contribution in [2.24, 2.45) is 0 Å². The molecule has 21 heavy (non-hydrogen) atoms. The molecule has 1 aliphatic carbocycles. The van der Waals surface area contributed by atoms with Crippen LogP contribution in [0.3, 0.4) is 0 Å². The second-order valence-corrected chi connectivity index (χ2v) is 6.53. The van der Waals surface area contributed by atoms with Gasteiger partial charge in [-0.3, -0.25) is 4.79 Å². The summed E-state index contributed by atoms with van der Waals surface area (Å²) in [6.45, 7) is 1.94. The minimum Gasteiger partial charge on any atom is -0.465 e. The molecule has 1 aliphatic rings. The third-order valence-corrected chi connectivity index (χ3v) is 5.32. The standard InChI is InChI=1S/C15H18N2O3S/c1-8-7-10-11(12(16)13(21-10)15(19)20-2)14(18)17(8)9-5-3-4-6-9/h7,9H,3-6,16H2,1-2H3. The number of pyridine rings is 1. The molecule has 2 heterocycles. The molecule has 0 radical (unpaired) electrons. The third kappa shape index (κ3) is 2.14. The van der Waals surface area contributed by atoms with Gasteiger partial charge in [-0.15, -0.1) is 11.3 Å². The van der Waals surface area contributed by atoms with E-state index in [1.165, 1.54) is 18.4 Å². The first-order valence-corrected chi connectivity index (χ1v) is 7.88. The van der Waals surface area contributed by atoms with Crippen molar-refractivity contribution in [2.75, 3.05) is 12.8 Å². The Bertz CT molecular complexity index is 769. The molecular formula is C15H18N2O3S. The van der Waals surface area contributed by atoms with Gasteiger partial charge in [-0.05, 0) is 25.8 Å². The molecular weight excluding hydrogens is 288 g/mol. The number of aromatic nitrogens is 1. The number of rotatable bonds is 2. The van der Waals surface area contributed by atoms with E-state index in [1.54, 1.807) is 0 Å². The van der Waals surface area contributed by atoms with E-state index in [2.05, 4.69) is 0 Å². The van der Waals surface area contributed by atoms with E-state index in [4.69, 9.17) is 10.5 Å². The van der Waals surface area contributed by atoms with Gasteiger partial charge in [-0.1, -0.05) is 12.8 Å². The molecule has 0 saturated heterocycles. The van der Waals surface area contributed by atoms with Crippen LogP contribution in [0.15, 0.2) is 10.9 Å². The number of nitrogen functional groups attached to an aromatic ring is 1. The summed E-state index contributed by atoms with van der Waals surface area (Å²) in [4.78, 5) is 24.9. The van der Waals surface area contributed by atoms with Crippen LogP contribution in [0.25, 0.3) is 10.1 Å². The first-order chi connectivity index (χ1) is 10.0. The Kier molecular flexibility index (Phi) is 3.49. The number of fused-ring (bicyclic) bond motifs is 1. The Morgan fingerprint density at radius 2 is 2.10 bits per heavy atom. The van der Waals surface area contributed by atoms with Crippen molar-refractivity contribution in [1.82, 2.24) is 4.57 Å². The van der Waals surface area contributed by atoms with E-state index in [-0.39, 0.29) is 17.3 Å². The molecule has 2 aromatic heterocycles. The average molecular weight is 306 g/mol. The number of nitrogens with two attached hydrogens (primary N) is 1. The van der Waals surface area contributed by atoms with Gasteiger partial charge in [0.05, 0.1) is 18.2 Å². The SMILES string of the molecule is COC(=O)c1sc2cc(C)n(C3CCCC3)c(=O)c2c1N. The van der Waals surface area contributed by atoms with Crippen molar-refractivity contribution in [2.45, 2.75) is 38.6 Å². The molecule has 6 heteroatoms. The lowest BCUT2D eigenvalue weighted by molar-refractivity contribution is 0.0607. The number of hydrogen-bond acceptors (Lipinski definition) is 5. The van der Waals surface area contributed by atoms with E-state index < -0.39 is 5.97 Å². The normalized spacial score (nSPS) is 15.7. The average Bonchev–Trinajstić information content (AvgIpc) is 3.06. The number of aryl methyl sites for hydroxylation is 1. The molecule has 2 N–H and O–H groups in total. The highest BCUT2D eigenvalue weighted by atomic mass is 32.1. The lowest BCUT2D eigenvalue weighted by Gasteiger charge is -2.17. The van der Waals surface area contributed by atoms with Crippen molar-refractivity contribution in [3.05, 3.63) is 27.0 Å². The molecule has 1 fully saturated rings. The maximum atomic E-state index is 12.8. The fourth-order valence-corrected chi connectivity index (χ4v) is 4.31. The van der Waals surface area contributed by atoms with Crippen LogP contribution in [0.1, 0.15) is 47.1 Å². The molecule has 112 valence electrons. The van der Waals surface area contributed by atoms with Crippen molar-refractivity contribution >= 4 is 33.1 Å². The Morgan fingerprint density at radius 3 is 2.71 bits per heavy atom. The van der Waals surface area contributed by atoms with Crippen LogP contribution in [0, 0.1) is 6.92 Å². The minimum atomic E-state index is -0.488. The molecule has 2 aromatic rings. The summed E-state index contributed by atoms with van der Waals surface area (Å²) in [5.74, 6) is -0.488. The number of esters is 1. The highest BCUT2D eigenvalue weighted by Gasteiger charge is 2.24. The van der Waals surface area contributed by atoms with Crippen LogP contribution in [-0.4, -0.2) is 17.6 Å². The predicted octanol–water partition coefficient (Wildman–Crippen LogP) is 2.86. The summed E-state index contributed by atoms with van der Waals surface area (Å²) in [7, 11) is 1.31. The van der Waals surface area contributed by atoms with E-state index in [1.807, 2.05) is 17.6 Å². The summed E-state index contributed by atoms with van der Waals surface area (Å²) in [5.41, 5.74) is 7.12. The Balaban J connectivity index is 2.26. The number of anilines is 1. The van der Waals surface area contributed by atoms with Crippen LogP contribution in [0.4, 0.5) is 5.69 Å². The molecule has 0 amide bonds. The Labute approximate surface area is 126 Å². The summed E-state index contributed by atoms with van der Waals surface area (Å²) < 4.78 is 7.33. The minimum absolute atomic E-state index is 0.0826. The van der Waals surface area contributed by atoms with Gasteiger partial charge in [0.25, 0.3) is 5.56 Å². The highest BCUT2D eigenvalue weighted by molar-refractivity contribution is 7.21. The number of carbonyl (C=O) groups excluding carboxylic acids is 1. The fourth-order valence-electron chi connectivity index (χ4n) is 3.18. The van der Waals surface area contributed by atoms with Gasteiger partial charge in [-0.2, -0.15) is 0 Å². The first kappa shape index (κ1) is 14.1. The number of methoxy groups -OCH3 is 1. The Morgan fingerprint density at radius 1 is 1.43 bits per heavy atom. The van der Waals surface area contributed by atoms with Crippen molar-refractivity contribution in [1.29, 1.82) is 0 Å². The van der Waals surface area contributed by atoms with Crippen LogP contribution in [-0.2, 0) is 4.74 Å². The quantitative estimate of drug-likeness (QED) is 0.866. The predicted molar refractivity (Wildman–Crippen MR) is 84.1 cm³/mol. The van der Waals surface area contributed by atoms with Gasteiger partial charge in [0, 0.05) is 16.4 Å². The number of nitrogens with zero attached hydrogens (tertiary/aromatic N) is 1. The monoisotopic (exact) mass is 306 g/mol. The fraction of sp³-hybridized carbons (Fsp3) is 0.467. The molecule has 1 saturated carbocycles. The van der Waals surface area contributed by atoms with Crippen LogP contribution < -0.4 is 11.3 Å². The van der Waals surface area contributed by atoms with Crippen LogP contribution in [0.2, 0.25) is 0 Å². The molecule has 0 atom stereocenters. The van der Waals surface area contributed by atoms with Gasteiger partial charge < -0.3 is 15.0 Å². The highest BCUT2D eigenvalue weighted by Crippen LogP contribution is 2.35. The van der Waals surface area contributed by atoms with E-state index in [0.717, 1.165) is 36.1 Å². The summed E-state index contributed by atoms with van der Waals surface area (Å²) >= 11 is 1.22. The van der Waals surface area contributed by atoms with Gasteiger partial charge >= 0.3 is 5.97 Å². The number of hydrogen-bond donors (Lipinski definition) is 1. The molecule has 5 nitrogen and oxygen atoms in total. The van der Waals surface area contributed by atoms with Crippen LogP contribution >= 0.6 is 11.3 Å². The molecule has 0 unspecified atom stereocenters. The second kappa shape index (κ2) is 5.18. The van der Waals surface area contributed by atoms with Gasteiger partial charge in [0.1, 0.15) is 4.88 Å². The van der Waals surface area contributed by atoms with Gasteiger partial charge in [0.2, 0.25) is 0 Å². The molecule has 0 spiro atoms. The number of carbonyl (C=O) groups is 1. The summed E-state index contributed by atoms with van der Waals surface area (Å²) in [6, 6.07) is 2.20. The third-order valence-electron chi connectivity index (χ3n) is 4.19. The van der Waals surface area contributed by atoms with Gasteiger partial charge in [-0.25, -0.2) is 4.79 Å². The molecule has 3 rings (SSSR count). The number of thiophene rings is 1. The zero-order chi connectivity index (χ0) is 15.1. The van der Waals surface area contributed by atoms with E-state index in [0.29, 0.717) is 10.3 Å². The Hall–Kier alpha value is -1.82. The zero-order valence-electron chi connectivity index (χ0n) is 12.1. The zero-order valence-corrected chi connectivity index (χ0v) is 13.0. The second-order valence-electron chi connectivity index (χ2n) is 5.47. The van der Waals surface area contributed by atoms with Crippen molar-refractivity contribution < 1.29 is 9.53 Å². The maximum Gasteiger partial charge on any atom is 0.350 e. The largest absolute Gasteiger partial charge is 0.465 e. The summed E-state index contributed by atoms with van der Waals surface area (Å²) in [5, 5.41) is 0.456. The molecule has 0 aromatic carbocycles.